The topological polar surface area (TPSA) is 72.2 Å². The number of sulfonamides is 1. The fourth-order valence-corrected chi connectivity index (χ4v) is 5.24. The fourth-order valence-electron chi connectivity index (χ4n) is 3.38. The highest BCUT2D eigenvalue weighted by molar-refractivity contribution is 7.90. The van der Waals surface area contributed by atoms with Gasteiger partial charge in [-0.3, -0.25) is 0 Å². The summed E-state index contributed by atoms with van der Waals surface area (Å²) in [6, 6.07) is -0.0455. The van der Waals surface area contributed by atoms with Crippen LogP contribution in [0.25, 0.3) is 0 Å². The van der Waals surface area contributed by atoms with Crippen LogP contribution in [-0.4, -0.2) is 26.3 Å². The molecular formula is C13H26N2O2S. The Bertz CT molecular complexity index is 344. The highest BCUT2D eigenvalue weighted by atomic mass is 32.2. The molecule has 2 fully saturated rings. The molecule has 1 atom stereocenters. The van der Waals surface area contributed by atoms with E-state index in [0.717, 1.165) is 38.5 Å². The maximum Gasteiger partial charge on any atom is 0.214 e. The molecule has 2 aliphatic rings. The molecule has 0 heterocycles. The summed E-state index contributed by atoms with van der Waals surface area (Å²) in [5.41, 5.74) is 5.78. The summed E-state index contributed by atoms with van der Waals surface area (Å²) in [4.78, 5) is 0. The number of nitrogens with one attached hydrogen (secondary N) is 1. The summed E-state index contributed by atoms with van der Waals surface area (Å²) < 4.78 is 27.5. The first-order valence-electron chi connectivity index (χ1n) is 7.34. The van der Waals surface area contributed by atoms with Gasteiger partial charge in [-0.1, -0.05) is 32.1 Å². The molecule has 0 radical (unpaired) electrons. The summed E-state index contributed by atoms with van der Waals surface area (Å²) in [7, 11) is -3.15. The summed E-state index contributed by atoms with van der Waals surface area (Å²) in [5, 5.41) is -0.171. The van der Waals surface area contributed by atoms with Crippen LogP contribution in [0.4, 0.5) is 0 Å². The lowest BCUT2D eigenvalue weighted by atomic mass is 9.84. The van der Waals surface area contributed by atoms with Crippen molar-refractivity contribution in [3.05, 3.63) is 0 Å². The zero-order valence-electron chi connectivity index (χ0n) is 11.1. The first-order chi connectivity index (χ1) is 8.63. The zero-order chi connectivity index (χ0) is 13.0. The normalized spacial score (nSPS) is 25.4. The van der Waals surface area contributed by atoms with Crippen LogP contribution in [-0.2, 0) is 10.0 Å². The Labute approximate surface area is 111 Å². The van der Waals surface area contributed by atoms with Gasteiger partial charge in [-0.25, -0.2) is 13.1 Å². The van der Waals surface area contributed by atoms with Gasteiger partial charge in [-0.05, 0) is 31.6 Å². The van der Waals surface area contributed by atoms with Crippen LogP contribution >= 0.6 is 0 Å². The molecule has 0 saturated heterocycles. The van der Waals surface area contributed by atoms with E-state index in [4.69, 9.17) is 5.73 Å². The van der Waals surface area contributed by atoms with Crippen LogP contribution in [0.15, 0.2) is 0 Å². The maximum absolute atomic E-state index is 12.3. The second-order valence-corrected chi connectivity index (χ2v) is 7.80. The molecule has 1 unspecified atom stereocenters. The number of nitrogens with two attached hydrogens (primary N) is 1. The molecule has 0 aromatic carbocycles. The molecule has 0 aromatic rings. The van der Waals surface area contributed by atoms with E-state index in [1.807, 2.05) is 0 Å². The lowest BCUT2D eigenvalue weighted by molar-refractivity contribution is 0.293. The Morgan fingerprint density at radius 1 is 1.00 bits per heavy atom. The van der Waals surface area contributed by atoms with Crippen LogP contribution in [0.5, 0.6) is 0 Å². The van der Waals surface area contributed by atoms with Crippen LogP contribution < -0.4 is 10.5 Å². The van der Waals surface area contributed by atoms with E-state index in [-0.39, 0.29) is 11.3 Å². The van der Waals surface area contributed by atoms with Gasteiger partial charge < -0.3 is 5.73 Å². The van der Waals surface area contributed by atoms with Crippen molar-refractivity contribution in [1.29, 1.82) is 0 Å². The molecule has 3 N–H and O–H groups in total. The molecule has 0 aliphatic heterocycles. The molecular weight excluding hydrogens is 248 g/mol. The Hall–Kier alpha value is -0.130. The SMILES string of the molecule is NCC(NS(=O)(=O)C1CCCC1)C1CCCCC1. The second-order valence-electron chi connectivity index (χ2n) is 5.81. The van der Waals surface area contributed by atoms with Gasteiger partial charge in [0.1, 0.15) is 0 Å². The minimum atomic E-state index is -3.15. The molecule has 0 aromatic heterocycles. The van der Waals surface area contributed by atoms with Gasteiger partial charge in [0.15, 0.2) is 0 Å². The first-order valence-corrected chi connectivity index (χ1v) is 8.89. The third-order valence-corrected chi connectivity index (χ3v) is 6.51. The van der Waals surface area contributed by atoms with Gasteiger partial charge in [0.25, 0.3) is 0 Å². The van der Waals surface area contributed by atoms with Gasteiger partial charge in [0, 0.05) is 12.6 Å². The van der Waals surface area contributed by atoms with Crippen molar-refractivity contribution < 1.29 is 8.42 Å². The van der Waals surface area contributed by atoms with Crippen molar-refractivity contribution in [1.82, 2.24) is 4.72 Å². The predicted molar refractivity (Wildman–Crippen MR) is 73.7 cm³/mol. The first kappa shape index (κ1) is 14.3. The average molecular weight is 274 g/mol. The van der Waals surface area contributed by atoms with E-state index in [1.54, 1.807) is 0 Å². The van der Waals surface area contributed by atoms with Gasteiger partial charge in [0.05, 0.1) is 5.25 Å². The summed E-state index contributed by atoms with van der Waals surface area (Å²) in [6.45, 7) is 0.427. The molecule has 2 rings (SSSR count). The maximum atomic E-state index is 12.3. The van der Waals surface area contributed by atoms with Crippen molar-refractivity contribution in [2.45, 2.75) is 69.1 Å². The van der Waals surface area contributed by atoms with Crippen LogP contribution in [0.3, 0.4) is 0 Å². The van der Waals surface area contributed by atoms with Gasteiger partial charge in [-0.15, -0.1) is 0 Å². The molecule has 2 saturated carbocycles. The van der Waals surface area contributed by atoms with Crippen LogP contribution in [0.1, 0.15) is 57.8 Å². The van der Waals surface area contributed by atoms with E-state index >= 15 is 0 Å². The molecule has 2 aliphatic carbocycles. The minimum Gasteiger partial charge on any atom is -0.329 e. The molecule has 0 bridgehead atoms. The van der Waals surface area contributed by atoms with Gasteiger partial charge in [0.2, 0.25) is 10.0 Å². The zero-order valence-corrected chi connectivity index (χ0v) is 11.9. The molecule has 4 nitrogen and oxygen atoms in total. The molecule has 18 heavy (non-hydrogen) atoms. The third-order valence-electron chi connectivity index (χ3n) is 4.53. The highest BCUT2D eigenvalue weighted by Crippen LogP contribution is 2.28. The fraction of sp³-hybridized carbons (Fsp3) is 1.00. The largest absolute Gasteiger partial charge is 0.329 e. The molecule has 5 heteroatoms. The molecule has 0 spiro atoms. The second kappa shape index (κ2) is 6.35. The Morgan fingerprint density at radius 3 is 2.11 bits per heavy atom. The monoisotopic (exact) mass is 274 g/mol. The van der Waals surface area contributed by atoms with E-state index in [1.165, 1.54) is 19.3 Å². The van der Waals surface area contributed by atoms with Crippen LogP contribution in [0, 0.1) is 5.92 Å². The van der Waals surface area contributed by atoms with Crippen molar-refractivity contribution in [3.63, 3.8) is 0 Å². The average Bonchev–Trinajstić information content (AvgIpc) is 2.92. The van der Waals surface area contributed by atoms with Crippen molar-refractivity contribution in [2.75, 3.05) is 6.54 Å². The third kappa shape index (κ3) is 3.45. The number of hydrogen-bond acceptors (Lipinski definition) is 3. The quantitative estimate of drug-likeness (QED) is 0.802. The Morgan fingerprint density at radius 2 is 1.56 bits per heavy atom. The number of hydrogen-bond donors (Lipinski definition) is 2. The van der Waals surface area contributed by atoms with Crippen molar-refractivity contribution in [2.24, 2.45) is 11.7 Å². The lowest BCUT2D eigenvalue weighted by Crippen LogP contribution is -2.48. The standard InChI is InChI=1S/C13H26N2O2S/c14-10-13(11-6-2-1-3-7-11)15-18(16,17)12-8-4-5-9-12/h11-13,15H,1-10,14H2. The van der Waals surface area contributed by atoms with Crippen LogP contribution in [0.2, 0.25) is 0 Å². The van der Waals surface area contributed by atoms with E-state index in [9.17, 15) is 8.42 Å². The van der Waals surface area contributed by atoms with Gasteiger partial charge >= 0.3 is 0 Å². The minimum absolute atomic E-state index is 0.0455. The highest BCUT2D eigenvalue weighted by Gasteiger charge is 2.33. The van der Waals surface area contributed by atoms with Crippen molar-refractivity contribution in [3.8, 4) is 0 Å². The number of rotatable bonds is 5. The van der Waals surface area contributed by atoms with Crippen molar-refractivity contribution >= 4 is 10.0 Å². The predicted octanol–water partition coefficient (Wildman–Crippen LogP) is 1.76. The van der Waals surface area contributed by atoms with E-state index < -0.39 is 10.0 Å². The van der Waals surface area contributed by atoms with E-state index in [0.29, 0.717) is 12.5 Å². The summed E-state index contributed by atoms with van der Waals surface area (Å²) in [5.74, 6) is 0.444. The summed E-state index contributed by atoms with van der Waals surface area (Å²) in [6.07, 6.45) is 9.67. The lowest BCUT2D eigenvalue weighted by Gasteiger charge is -2.30. The molecule has 106 valence electrons. The Balaban J connectivity index is 1.95. The smallest absolute Gasteiger partial charge is 0.214 e. The molecule has 0 amide bonds. The Kier molecular flexibility index (Phi) is 5.04. The van der Waals surface area contributed by atoms with Gasteiger partial charge in [-0.2, -0.15) is 0 Å². The summed E-state index contributed by atoms with van der Waals surface area (Å²) >= 11 is 0. The van der Waals surface area contributed by atoms with E-state index in [2.05, 4.69) is 4.72 Å².